The number of nitrogens with two attached hydrogens (primary N) is 1. The molecule has 12 nitrogen and oxygen atoms in total. The van der Waals surface area contributed by atoms with Crippen molar-refractivity contribution in [2.75, 3.05) is 0 Å². The van der Waals surface area contributed by atoms with E-state index in [2.05, 4.69) is 26.6 Å². The molecule has 0 heterocycles. The third-order valence-corrected chi connectivity index (χ3v) is 8.97. The van der Waals surface area contributed by atoms with E-state index in [1.54, 1.807) is 13.8 Å². The Morgan fingerprint density at radius 2 is 0.855 bits per heavy atom. The average Bonchev–Trinajstić information content (AvgIpc) is 3.13. The molecule has 5 atom stereocenters. The van der Waals surface area contributed by atoms with Gasteiger partial charge in [0.2, 0.25) is 35.4 Å². The van der Waals surface area contributed by atoms with Gasteiger partial charge in [-0.1, -0.05) is 133 Å². The van der Waals surface area contributed by atoms with Crippen LogP contribution in [0.25, 0.3) is 0 Å². The topological polar surface area (TPSA) is 189 Å². The smallest absolute Gasteiger partial charge is 0.243 e. The molecular weight excluding hydrogens is 697 g/mol. The lowest BCUT2D eigenvalue weighted by Crippen LogP contribution is -2.60. The molecule has 12 heteroatoms. The molecule has 6 amide bonds. The first-order valence-electron chi connectivity index (χ1n) is 19.0. The fraction of sp³-hybridized carbons (Fsp3) is 0.442. The maximum atomic E-state index is 14.2. The number of amides is 6. The number of hydrogen-bond donors (Lipinski definition) is 6. The van der Waals surface area contributed by atoms with Crippen molar-refractivity contribution < 1.29 is 28.8 Å². The minimum absolute atomic E-state index is 0.0794. The van der Waals surface area contributed by atoms with Gasteiger partial charge >= 0.3 is 0 Å². The summed E-state index contributed by atoms with van der Waals surface area (Å²) in [5.74, 6) is -3.54. The molecule has 0 saturated heterocycles. The number of hydrogen-bond acceptors (Lipinski definition) is 6. The van der Waals surface area contributed by atoms with Gasteiger partial charge in [-0.3, -0.25) is 28.8 Å². The Balaban J connectivity index is 1.88. The highest BCUT2D eigenvalue weighted by Crippen LogP contribution is 2.12. The monoisotopic (exact) mass is 754 g/mol. The SMILES string of the molecule is CC(C)CC(=O)N[C@H](CC(C)C)C(=O)N[C@@H](C(=O)N[C@H](Cc1ccccc1)C(=O)N[C@H](Cc1ccccc1)C(=O)N[C@H](Cc1ccccc1)C(N)=O)C(C)C. The van der Waals surface area contributed by atoms with Crippen LogP contribution in [0, 0.1) is 17.8 Å². The van der Waals surface area contributed by atoms with Crippen LogP contribution in [0.2, 0.25) is 0 Å². The van der Waals surface area contributed by atoms with Crippen LogP contribution in [-0.2, 0) is 48.0 Å². The molecule has 0 aliphatic carbocycles. The van der Waals surface area contributed by atoms with Gasteiger partial charge in [0.15, 0.2) is 0 Å². The number of carbonyl (C=O) groups excluding carboxylic acids is 6. The van der Waals surface area contributed by atoms with E-state index in [0.717, 1.165) is 16.7 Å². The third-order valence-electron chi connectivity index (χ3n) is 8.97. The molecule has 0 saturated carbocycles. The van der Waals surface area contributed by atoms with E-state index in [9.17, 15) is 28.8 Å². The highest BCUT2D eigenvalue weighted by molar-refractivity contribution is 5.96. The number of rotatable bonds is 21. The molecule has 0 aliphatic rings. The number of benzene rings is 3. The molecule has 0 spiro atoms. The average molecular weight is 755 g/mol. The Kier molecular flexibility index (Phi) is 17.6. The summed E-state index contributed by atoms with van der Waals surface area (Å²) in [4.78, 5) is 80.9. The lowest BCUT2D eigenvalue weighted by atomic mass is 9.98. The van der Waals surface area contributed by atoms with Crippen LogP contribution in [0.4, 0.5) is 0 Å². The molecule has 3 aromatic carbocycles. The summed E-state index contributed by atoms with van der Waals surface area (Å²) in [6.45, 7) is 11.3. The Bertz CT molecular complexity index is 1700. The van der Waals surface area contributed by atoms with Gasteiger partial charge in [-0.05, 0) is 40.9 Å². The fourth-order valence-corrected chi connectivity index (χ4v) is 6.11. The summed E-state index contributed by atoms with van der Waals surface area (Å²) in [6, 6.07) is 22.1. The fourth-order valence-electron chi connectivity index (χ4n) is 6.11. The standard InChI is InChI=1S/C43H58N6O6/c1-27(2)22-34(45-37(50)23-28(3)4)42(54)49-38(29(5)6)43(55)48-36(26-32-20-14-9-15-21-32)41(53)47-35(25-31-18-12-8-13-19-31)40(52)46-33(39(44)51)24-30-16-10-7-11-17-30/h7-21,27-29,33-36,38H,22-26H2,1-6H3,(H2,44,51)(H,45,50)(H,46,52)(H,47,53)(H,48,55)(H,49,54)/t33-,34-,35-,36-,38-/m1/s1. The van der Waals surface area contributed by atoms with Crippen molar-refractivity contribution in [2.24, 2.45) is 23.5 Å². The summed E-state index contributed by atoms with van der Waals surface area (Å²) in [6.07, 6.45) is 0.948. The number of primary amides is 1. The maximum absolute atomic E-state index is 14.2. The normalized spacial score (nSPS) is 13.9. The molecule has 0 radical (unpaired) electrons. The predicted molar refractivity (Wildman–Crippen MR) is 213 cm³/mol. The second-order valence-electron chi connectivity index (χ2n) is 15.2. The molecule has 7 N–H and O–H groups in total. The Morgan fingerprint density at radius 3 is 1.24 bits per heavy atom. The molecule has 0 aliphatic heterocycles. The van der Waals surface area contributed by atoms with E-state index >= 15 is 0 Å². The van der Waals surface area contributed by atoms with Crippen molar-refractivity contribution >= 4 is 35.4 Å². The van der Waals surface area contributed by atoms with E-state index in [-0.39, 0.29) is 49.3 Å². The summed E-state index contributed by atoms with van der Waals surface area (Å²) in [7, 11) is 0. The predicted octanol–water partition coefficient (Wildman–Crippen LogP) is 3.37. The molecule has 0 bridgehead atoms. The first-order chi connectivity index (χ1) is 26.1. The molecule has 3 aromatic rings. The van der Waals surface area contributed by atoms with Crippen LogP contribution in [0.15, 0.2) is 91.0 Å². The first-order valence-corrected chi connectivity index (χ1v) is 19.0. The van der Waals surface area contributed by atoms with Crippen molar-refractivity contribution in [2.45, 2.75) is 104 Å². The summed E-state index contributed by atoms with van der Waals surface area (Å²) in [5.41, 5.74) is 8.00. The van der Waals surface area contributed by atoms with Gasteiger partial charge in [-0.15, -0.1) is 0 Å². The highest BCUT2D eigenvalue weighted by Gasteiger charge is 2.34. The molecule has 3 rings (SSSR count). The second kappa shape index (κ2) is 22.0. The van der Waals surface area contributed by atoms with Crippen LogP contribution in [0.1, 0.15) is 71.1 Å². The molecule has 296 valence electrons. The van der Waals surface area contributed by atoms with Crippen LogP contribution in [0.5, 0.6) is 0 Å². The van der Waals surface area contributed by atoms with E-state index in [1.807, 2.05) is 119 Å². The van der Waals surface area contributed by atoms with Gasteiger partial charge in [0.05, 0.1) is 0 Å². The van der Waals surface area contributed by atoms with E-state index in [4.69, 9.17) is 5.73 Å². The van der Waals surface area contributed by atoms with Crippen molar-refractivity contribution in [1.82, 2.24) is 26.6 Å². The van der Waals surface area contributed by atoms with Crippen LogP contribution >= 0.6 is 0 Å². The minimum atomic E-state index is -1.16. The van der Waals surface area contributed by atoms with Gasteiger partial charge in [0.25, 0.3) is 0 Å². The molecule has 0 unspecified atom stereocenters. The quantitative estimate of drug-likeness (QED) is 0.0968. The molecule has 55 heavy (non-hydrogen) atoms. The van der Waals surface area contributed by atoms with Crippen LogP contribution < -0.4 is 32.3 Å². The van der Waals surface area contributed by atoms with Gasteiger partial charge in [0, 0.05) is 25.7 Å². The van der Waals surface area contributed by atoms with E-state index in [1.165, 1.54) is 0 Å². The van der Waals surface area contributed by atoms with Crippen LogP contribution in [-0.4, -0.2) is 65.7 Å². The van der Waals surface area contributed by atoms with Gasteiger partial charge < -0.3 is 32.3 Å². The summed E-state index contributed by atoms with van der Waals surface area (Å²) >= 11 is 0. The second-order valence-corrected chi connectivity index (χ2v) is 15.2. The largest absolute Gasteiger partial charge is 0.368 e. The van der Waals surface area contributed by atoms with Crippen molar-refractivity contribution in [3.8, 4) is 0 Å². The lowest BCUT2D eigenvalue weighted by Gasteiger charge is -2.29. The zero-order valence-corrected chi connectivity index (χ0v) is 32.8. The van der Waals surface area contributed by atoms with Crippen molar-refractivity contribution in [3.63, 3.8) is 0 Å². The molecular formula is C43H58N6O6. The zero-order valence-electron chi connectivity index (χ0n) is 32.8. The number of carbonyl (C=O) groups is 6. The Hall–Kier alpha value is -5.52. The van der Waals surface area contributed by atoms with Crippen molar-refractivity contribution in [3.05, 3.63) is 108 Å². The zero-order chi connectivity index (χ0) is 40.5. The Morgan fingerprint density at radius 1 is 0.473 bits per heavy atom. The van der Waals surface area contributed by atoms with E-state index < -0.39 is 59.7 Å². The first kappa shape index (κ1) is 43.9. The number of nitrogens with one attached hydrogen (secondary N) is 5. The lowest BCUT2D eigenvalue weighted by molar-refractivity contribution is -0.135. The highest BCUT2D eigenvalue weighted by atomic mass is 16.2. The third kappa shape index (κ3) is 15.4. The maximum Gasteiger partial charge on any atom is 0.243 e. The van der Waals surface area contributed by atoms with Crippen molar-refractivity contribution in [1.29, 1.82) is 0 Å². The summed E-state index contributed by atoms with van der Waals surface area (Å²) in [5, 5.41) is 14.1. The summed E-state index contributed by atoms with van der Waals surface area (Å²) < 4.78 is 0. The minimum Gasteiger partial charge on any atom is -0.368 e. The van der Waals surface area contributed by atoms with E-state index in [0.29, 0.717) is 6.42 Å². The van der Waals surface area contributed by atoms with Gasteiger partial charge in [0.1, 0.15) is 30.2 Å². The van der Waals surface area contributed by atoms with Gasteiger partial charge in [-0.25, -0.2) is 0 Å². The Labute approximate surface area is 325 Å². The van der Waals surface area contributed by atoms with Crippen LogP contribution in [0.3, 0.4) is 0 Å². The molecule has 0 aromatic heterocycles. The van der Waals surface area contributed by atoms with Gasteiger partial charge in [-0.2, -0.15) is 0 Å². The molecule has 0 fully saturated rings.